The number of piperidine rings is 1. The van der Waals surface area contributed by atoms with Gasteiger partial charge in [-0.3, -0.25) is 9.50 Å². The van der Waals surface area contributed by atoms with Crippen molar-refractivity contribution in [2.45, 2.75) is 25.2 Å². The second-order valence-electron chi connectivity index (χ2n) is 9.19. The van der Waals surface area contributed by atoms with Gasteiger partial charge in [-0.15, -0.1) is 0 Å². The van der Waals surface area contributed by atoms with E-state index >= 15 is 0 Å². The summed E-state index contributed by atoms with van der Waals surface area (Å²) in [5.74, 6) is -1.07. The van der Waals surface area contributed by atoms with Crippen molar-refractivity contribution in [1.29, 1.82) is 0 Å². The first kappa shape index (κ1) is 20.1. The number of halogens is 2. The third kappa shape index (κ3) is 3.69. The van der Waals surface area contributed by atoms with Gasteiger partial charge in [0.15, 0.2) is 0 Å². The summed E-state index contributed by atoms with van der Waals surface area (Å²) in [4.78, 5) is 17.8. The number of aromatic nitrogens is 6. The van der Waals surface area contributed by atoms with Gasteiger partial charge in [0.1, 0.15) is 5.65 Å². The standard InChI is InChI=1S/C23H24F2N8/c1-15-6-16(17-7-28-29-8-17)11-31(10-15)22-26-5-4-19(30-22)20-9-27-21-3-2-18(12-33(20)21)32-13-23(24,25)14-32/h2-5,7-9,12,15-16H,6,10-11,13-14H2,1H3,(H,28,29)/t15-,16-/m0/s1. The van der Waals surface area contributed by atoms with Crippen LogP contribution in [0.1, 0.15) is 24.8 Å². The normalized spacial score (nSPS) is 22.5. The number of fused-ring (bicyclic) bond motifs is 1. The van der Waals surface area contributed by atoms with Crippen LogP contribution in [0.2, 0.25) is 0 Å². The minimum atomic E-state index is -2.62. The first-order valence-electron chi connectivity index (χ1n) is 11.1. The van der Waals surface area contributed by atoms with Gasteiger partial charge in [0.25, 0.3) is 5.92 Å². The first-order valence-corrected chi connectivity index (χ1v) is 11.1. The van der Waals surface area contributed by atoms with Crippen molar-refractivity contribution in [1.82, 2.24) is 29.5 Å². The van der Waals surface area contributed by atoms with Gasteiger partial charge in [-0.2, -0.15) is 5.10 Å². The molecule has 33 heavy (non-hydrogen) atoms. The number of nitrogens with zero attached hydrogens (tertiary/aromatic N) is 7. The highest BCUT2D eigenvalue weighted by molar-refractivity contribution is 5.64. The van der Waals surface area contributed by atoms with Crippen molar-refractivity contribution in [2.24, 2.45) is 5.92 Å². The molecule has 6 heterocycles. The SMILES string of the molecule is C[C@H]1C[C@H](c2cn[nH]c2)CN(c2nccc(-c3cnc4ccc(N5CC(F)(F)C5)cn34)n2)C1. The minimum absolute atomic E-state index is 0.259. The van der Waals surface area contributed by atoms with Crippen molar-refractivity contribution in [3.63, 3.8) is 0 Å². The van der Waals surface area contributed by atoms with Crippen LogP contribution in [0.4, 0.5) is 20.4 Å². The number of anilines is 2. The predicted molar refractivity (Wildman–Crippen MR) is 121 cm³/mol. The Bertz CT molecular complexity index is 1280. The van der Waals surface area contributed by atoms with Gasteiger partial charge in [0.2, 0.25) is 5.95 Å². The molecule has 0 amide bonds. The topological polar surface area (TPSA) is 78.2 Å². The molecule has 2 aliphatic heterocycles. The average Bonchev–Trinajstić information content (AvgIpc) is 3.47. The first-order chi connectivity index (χ1) is 15.9. The molecule has 0 unspecified atom stereocenters. The maximum absolute atomic E-state index is 13.4. The molecule has 4 aromatic rings. The molecule has 0 saturated carbocycles. The molecule has 0 aromatic carbocycles. The summed E-state index contributed by atoms with van der Waals surface area (Å²) in [7, 11) is 0. The lowest BCUT2D eigenvalue weighted by Gasteiger charge is -2.40. The maximum atomic E-state index is 13.4. The number of aromatic amines is 1. The van der Waals surface area contributed by atoms with E-state index in [9.17, 15) is 8.78 Å². The highest BCUT2D eigenvalue weighted by Crippen LogP contribution is 2.34. The Hall–Kier alpha value is -3.56. The van der Waals surface area contributed by atoms with Crippen molar-refractivity contribution < 1.29 is 8.78 Å². The van der Waals surface area contributed by atoms with Gasteiger partial charge in [-0.25, -0.2) is 23.7 Å². The lowest BCUT2D eigenvalue weighted by molar-refractivity contribution is -0.0262. The number of pyridine rings is 1. The number of nitrogens with one attached hydrogen (secondary N) is 1. The molecule has 2 fully saturated rings. The zero-order valence-electron chi connectivity index (χ0n) is 18.2. The Morgan fingerprint density at radius 3 is 2.73 bits per heavy atom. The van der Waals surface area contributed by atoms with Crippen LogP contribution in [0.15, 0.2) is 49.2 Å². The Morgan fingerprint density at radius 1 is 1.06 bits per heavy atom. The lowest BCUT2D eigenvalue weighted by Crippen LogP contribution is -2.56. The van der Waals surface area contributed by atoms with E-state index in [1.807, 2.05) is 41.2 Å². The minimum Gasteiger partial charge on any atom is -0.358 e. The van der Waals surface area contributed by atoms with E-state index in [4.69, 9.17) is 4.98 Å². The smallest absolute Gasteiger partial charge is 0.282 e. The molecule has 8 nitrogen and oxygen atoms in total. The highest BCUT2D eigenvalue weighted by Gasteiger charge is 2.44. The molecule has 0 radical (unpaired) electrons. The quantitative estimate of drug-likeness (QED) is 0.512. The zero-order valence-corrected chi connectivity index (χ0v) is 18.2. The number of H-pyrrole nitrogens is 1. The van der Waals surface area contributed by atoms with E-state index < -0.39 is 5.92 Å². The van der Waals surface area contributed by atoms with Crippen LogP contribution >= 0.6 is 0 Å². The highest BCUT2D eigenvalue weighted by atomic mass is 19.3. The molecule has 2 saturated heterocycles. The predicted octanol–water partition coefficient (Wildman–Crippen LogP) is 3.60. The number of hydrogen-bond donors (Lipinski definition) is 1. The van der Waals surface area contributed by atoms with Gasteiger partial charge in [0, 0.05) is 37.6 Å². The molecule has 6 rings (SSSR count). The summed E-state index contributed by atoms with van der Waals surface area (Å²) in [5.41, 5.74) is 4.24. The van der Waals surface area contributed by atoms with Gasteiger partial charge < -0.3 is 9.80 Å². The van der Waals surface area contributed by atoms with Crippen LogP contribution in [0.25, 0.3) is 17.0 Å². The molecule has 170 valence electrons. The number of hydrogen-bond acceptors (Lipinski definition) is 6. The van der Waals surface area contributed by atoms with Crippen molar-refractivity contribution >= 4 is 17.3 Å². The molecule has 0 spiro atoms. The number of alkyl halides is 2. The van der Waals surface area contributed by atoms with E-state index in [0.717, 1.165) is 42.2 Å². The summed E-state index contributed by atoms with van der Waals surface area (Å²) in [5, 5.41) is 7.02. The number of imidazole rings is 1. The summed E-state index contributed by atoms with van der Waals surface area (Å²) in [6, 6.07) is 5.54. The molecule has 4 aromatic heterocycles. The summed E-state index contributed by atoms with van der Waals surface area (Å²) < 4.78 is 28.6. The monoisotopic (exact) mass is 450 g/mol. The molecule has 2 atom stereocenters. The Labute approximate surface area is 189 Å². The van der Waals surface area contributed by atoms with Crippen molar-refractivity contribution in [3.8, 4) is 11.4 Å². The third-order valence-electron chi connectivity index (χ3n) is 6.54. The zero-order chi connectivity index (χ0) is 22.6. The summed E-state index contributed by atoms with van der Waals surface area (Å²) >= 11 is 0. The Kier molecular flexibility index (Phi) is 4.56. The Morgan fingerprint density at radius 2 is 1.94 bits per heavy atom. The van der Waals surface area contributed by atoms with Crippen LogP contribution in [-0.2, 0) is 0 Å². The van der Waals surface area contributed by atoms with E-state index in [1.54, 1.807) is 17.3 Å². The fraction of sp³-hybridized carbons (Fsp3) is 0.391. The van der Waals surface area contributed by atoms with Crippen LogP contribution in [0.5, 0.6) is 0 Å². The van der Waals surface area contributed by atoms with Gasteiger partial charge in [0.05, 0.1) is 42.6 Å². The van der Waals surface area contributed by atoms with E-state index in [1.165, 1.54) is 5.56 Å². The largest absolute Gasteiger partial charge is 0.358 e. The van der Waals surface area contributed by atoms with Gasteiger partial charge in [-0.1, -0.05) is 6.92 Å². The second-order valence-corrected chi connectivity index (χ2v) is 9.19. The lowest BCUT2D eigenvalue weighted by atomic mass is 9.87. The molecule has 0 aliphatic carbocycles. The third-order valence-corrected chi connectivity index (χ3v) is 6.54. The molecule has 1 N–H and O–H groups in total. The van der Waals surface area contributed by atoms with Crippen molar-refractivity contribution in [3.05, 3.63) is 54.7 Å². The second kappa shape index (κ2) is 7.50. The maximum Gasteiger partial charge on any atom is 0.282 e. The molecular formula is C23H24F2N8. The fourth-order valence-electron chi connectivity index (χ4n) is 4.92. The summed E-state index contributed by atoms with van der Waals surface area (Å²) in [6.45, 7) is 3.44. The summed E-state index contributed by atoms with van der Waals surface area (Å²) in [6.07, 6.45) is 10.3. The van der Waals surface area contributed by atoms with E-state index in [-0.39, 0.29) is 13.1 Å². The molecule has 2 aliphatic rings. The van der Waals surface area contributed by atoms with Gasteiger partial charge in [-0.05, 0) is 36.1 Å². The van der Waals surface area contributed by atoms with Gasteiger partial charge >= 0.3 is 0 Å². The fourth-order valence-corrected chi connectivity index (χ4v) is 4.92. The molecule has 0 bridgehead atoms. The van der Waals surface area contributed by atoms with E-state index in [2.05, 4.69) is 32.0 Å². The van der Waals surface area contributed by atoms with Crippen molar-refractivity contribution in [2.75, 3.05) is 36.0 Å². The van der Waals surface area contributed by atoms with Crippen LogP contribution < -0.4 is 9.80 Å². The Balaban J connectivity index is 1.31. The van der Waals surface area contributed by atoms with Crippen LogP contribution in [0.3, 0.4) is 0 Å². The molecule has 10 heteroatoms. The molecular weight excluding hydrogens is 426 g/mol. The van der Waals surface area contributed by atoms with E-state index in [0.29, 0.717) is 17.8 Å². The van der Waals surface area contributed by atoms with Crippen LogP contribution in [-0.4, -0.2) is 61.7 Å². The van der Waals surface area contributed by atoms with Crippen LogP contribution in [0, 0.1) is 5.92 Å². The number of rotatable bonds is 4. The average molecular weight is 450 g/mol.